The molecule has 0 bridgehead atoms. The minimum Gasteiger partial charge on any atom is -0.263 e. The number of aromatic amines is 1. The Morgan fingerprint density at radius 2 is 2.27 bits per heavy atom. The molecule has 0 aliphatic carbocycles. The van der Waals surface area contributed by atoms with Crippen molar-refractivity contribution in [1.82, 2.24) is 4.98 Å². The third-order valence-electron chi connectivity index (χ3n) is 1.29. The van der Waals surface area contributed by atoms with Crippen molar-refractivity contribution in [3.05, 3.63) is 37.5 Å². The highest BCUT2D eigenvalue weighted by Gasteiger charge is 2.23. The second kappa shape index (κ2) is 2.28. The van der Waals surface area contributed by atoms with Crippen molar-refractivity contribution in [2.45, 2.75) is 0 Å². The van der Waals surface area contributed by atoms with E-state index in [9.17, 15) is 9.59 Å². The largest absolute Gasteiger partial charge is 0.476 e. The molecule has 1 unspecified atom stereocenters. The van der Waals surface area contributed by atoms with E-state index in [1.807, 2.05) is 5.38 Å². The molecule has 5 heteroatoms. The van der Waals surface area contributed by atoms with Gasteiger partial charge in [-0.25, -0.2) is 9.78 Å². The van der Waals surface area contributed by atoms with Crippen molar-refractivity contribution in [3.8, 4) is 4.90 Å². The van der Waals surface area contributed by atoms with Gasteiger partial charge in [-0.2, -0.15) is 0 Å². The predicted molar refractivity (Wildman–Crippen MR) is 46.2 cm³/mol. The second-order valence-corrected chi connectivity index (χ2v) is 5.36. The van der Waals surface area contributed by atoms with Gasteiger partial charge in [0.15, 0.2) is 9.47 Å². The zero-order valence-electron chi connectivity index (χ0n) is 5.37. The lowest BCUT2D eigenvalue weighted by Gasteiger charge is -1.76. The van der Waals surface area contributed by atoms with E-state index in [4.69, 9.17) is 0 Å². The van der Waals surface area contributed by atoms with E-state index in [1.54, 1.807) is 12.1 Å². The number of nitrogens with one attached hydrogen (secondary N) is 1. The summed E-state index contributed by atoms with van der Waals surface area (Å²) in [7, 11) is 0.823. The maximum absolute atomic E-state index is 11.0. The topological polar surface area (TPSA) is 49.9 Å². The first-order valence-corrected chi connectivity index (χ1v) is 5.55. The van der Waals surface area contributed by atoms with Crippen LogP contribution in [0.15, 0.2) is 27.1 Å². The lowest BCUT2D eigenvalue weighted by atomic mass is 10.5. The summed E-state index contributed by atoms with van der Waals surface area (Å²) in [6, 6.07) is 3.47. The van der Waals surface area contributed by atoms with Crippen LogP contribution < -0.4 is 10.4 Å². The van der Waals surface area contributed by atoms with Gasteiger partial charge in [-0.05, 0) is 6.07 Å². The summed E-state index contributed by atoms with van der Waals surface area (Å²) in [4.78, 5) is 24.7. The highest BCUT2D eigenvalue weighted by atomic mass is 32.9. The van der Waals surface area contributed by atoms with Gasteiger partial charge >= 0.3 is 10.4 Å². The average molecular weight is 186 g/mol. The van der Waals surface area contributed by atoms with Gasteiger partial charge < -0.3 is 0 Å². The first kappa shape index (κ1) is 6.75. The van der Waals surface area contributed by atoms with Crippen LogP contribution in [0.2, 0.25) is 0 Å². The zero-order chi connectivity index (χ0) is 7.84. The van der Waals surface area contributed by atoms with Gasteiger partial charge in [0.05, 0.1) is 0 Å². The standard InChI is InChI=1S/C6H3NO2S2/c8-5-4-2-1-3-10-11(4)6(9)7-5/h1-3H/p+1. The van der Waals surface area contributed by atoms with Gasteiger partial charge in [-0.15, -0.1) is 0 Å². The van der Waals surface area contributed by atoms with Crippen LogP contribution in [0.4, 0.5) is 0 Å². The molecule has 1 N–H and O–H groups in total. The van der Waals surface area contributed by atoms with Crippen molar-refractivity contribution in [2.24, 2.45) is 0 Å². The Morgan fingerprint density at radius 1 is 1.45 bits per heavy atom. The summed E-state index contributed by atoms with van der Waals surface area (Å²) in [5.41, 5.74) is -0.241. The van der Waals surface area contributed by atoms with Crippen LogP contribution in [0.3, 0.4) is 0 Å². The van der Waals surface area contributed by atoms with Crippen LogP contribution in [0.5, 0.6) is 0 Å². The first-order valence-electron chi connectivity index (χ1n) is 2.92. The molecule has 1 atom stereocenters. The van der Waals surface area contributed by atoms with Crippen LogP contribution in [-0.4, -0.2) is 4.98 Å². The minimum atomic E-state index is -0.569. The van der Waals surface area contributed by atoms with Crippen LogP contribution in [0.1, 0.15) is 0 Å². The summed E-state index contributed by atoms with van der Waals surface area (Å²) in [5.74, 6) is 0. The number of H-pyrrole nitrogens is 1. The Balaban J connectivity index is 3.03. The fourth-order valence-corrected chi connectivity index (χ4v) is 3.70. The molecular formula is C6H4NO2S2+. The van der Waals surface area contributed by atoms with E-state index < -0.39 is 9.47 Å². The summed E-state index contributed by atoms with van der Waals surface area (Å²) in [6.45, 7) is 0. The van der Waals surface area contributed by atoms with Crippen molar-refractivity contribution in [2.75, 3.05) is 0 Å². The number of hydrogen-bond acceptors (Lipinski definition) is 3. The monoisotopic (exact) mass is 186 g/mol. The van der Waals surface area contributed by atoms with Gasteiger partial charge in [0.2, 0.25) is 0 Å². The molecule has 0 amide bonds. The van der Waals surface area contributed by atoms with Crippen molar-refractivity contribution in [1.29, 1.82) is 0 Å². The number of thiazole rings is 1. The Bertz CT molecular complexity index is 411. The van der Waals surface area contributed by atoms with Crippen LogP contribution in [-0.2, 0) is 0 Å². The summed E-state index contributed by atoms with van der Waals surface area (Å²) in [5, 5.41) is 1.82. The third-order valence-corrected chi connectivity index (χ3v) is 4.81. The van der Waals surface area contributed by atoms with E-state index in [-0.39, 0.29) is 10.4 Å². The summed E-state index contributed by atoms with van der Waals surface area (Å²) < 4.78 is 0. The lowest BCUT2D eigenvalue weighted by molar-refractivity contribution is 1.27. The molecule has 0 aromatic carbocycles. The Labute approximate surface area is 67.6 Å². The molecule has 3 nitrogen and oxygen atoms in total. The number of hydrogen-bond donors (Lipinski definition) is 1. The van der Waals surface area contributed by atoms with Crippen LogP contribution in [0, 0.1) is 0 Å². The molecule has 0 fully saturated rings. The fourth-order valence-electron chi connectivity index (χ4n) is 0.832. The fraction of sp³-hybridized carbons (Fsp3) is 0. The van der Waals surface area contributed by atoms with Crippen LogP contribution in [0.25, 0.3) is 4.90 Å². The molecule has 0 aromatic rings. The molecule has 2 rings (SSSR count). The lowest BCUT2D eigenvalue weighted by Crippen LogP contribution is -2.04. The molecule has 0 saturated heterocycles. The molecule has 0 aromatic heterocycles. The van der Waals surface area contributed by atoms with Gasteiger partial charge in [0, 0.05) is 11.4 Å². The van der Waals surface area contributed by atoms with Gasteiger partial charge in [-0.3, -0.25) is 4.79 Å². The van der Waals surface area contributed by atoms with Crippen molar-refractivity contribution >= 4 is 19.8 Å². The van der Waals surface area contributed by atoms with Gasteiger partial charge in [0.1, 0.15) is 10.3 Å². The van der Waals surface area contributed by atoms with E-state index in [2.05, 4.69) is 4.98 Å². The van der Waals surface area contributed by atoms with E-state index in [1.165, 1.54) is 10.3 Å². The Kier molecular flexibility index (Phi) is 1.40. The van der Waals surface area contributed by atoms with Gasteiger partial charge in [0.25, 0.3) is 4.90 Å². The molecule has 11 heavy (non-hydrogen) atoms. The molecule has 2 aliphatic heterocycles. The maximum Gasteiger partial charge on any atom is 0.476 e. The van der Waals surface area contributed by atoms with E-state index in [0.29, 0.717) is 4.90 Å². The minimum absolute atomic E-state index is 0.171. The SMILES string of the molecule is O=c1[nH]c(=O)[s+]2scccc1-2. The summed E-state index contributed by atoms with van der Waals surface area (Å²) in [6.07, 6.45) is 0. The predicted octanol–water partition coefficient (Wildman–Crippen LogP) is 0.973. The smallest absolute Gasteiger partial charge is 0.263 e. The highest BCUT2D eigenvalue weighted by molar-refractivity contribution is 7.81. The molecule has 56 valence electrons. The van der Waals surface area contributed by atoms with E-state index in [0.717, 1.165) is 0 Å². The zero-order valence-corrected chi connectivity index (χ0v) is 7.00. The molecular weight excluding hydrogens is 182 g/mol. The first-order chi connectivity index (χ1) is 5.29. The maximum atomic E-state index is 11.0. The number of fused-ring (bicyclic) bond motifs is 1. The van der Waals surface area contributed by atoms with Crippen molar-refractivity contribution in [3.63, 3.8) is 0 Å². The van der Waals surface area contributed by atoms with Gasteiger partial charge in [-0.1, -0.05) is 0 Å². The molecule has 0 spiro atoms. The second-order valence-electron chi connectivity index (χ2n) is 1.97. The quantitative estimate of drug-likeness (QED) is 0.492. The number of aromatic nitrogens is 1. The molecule has 2 aliphatic rings. The highest BCUT2D eigenvalue weighted by Crippen LogP contribution is 2.27. The van der Waals surface area contributed by atoms with Crippen LogP contribution >= 0.6 is 19.8 Å². The average Bonchev–Trinajstić information content (AvgIpc) is 2.30. The Morgan fingerprint density at radius 3 is 3.00 bits per heavy atom. The molecule has 2 heterocycles. The number of rotatable bonds is 0. The normalized spacial score (nSPS) is 12.2. The Hall–Kier alpha value is -0.940. The third kappa shape index (κ3) is 0.928. The van der Waals surface area contributed by atoms with Crippen molar-refractivity contribution < 1.29 is 0 Å². The molecule has 0 saturated carbocycles. The summed E-state index contributed by atoms with van der Waals surface area (Å²) >= 11 is 0. The molecule has 0 radical (unpaired) electrons. The van der Waals surface area contributed by atoms with E-state index >= 15 is 0 Å².